The van der Waals surface area contributed by atoms with Crippen molar-refractivity contribution in [2.24, 2.45) is 22.7 Å². The number of unbranched alkanes of at least 4 members (excludes halogenated alkanes) is 1. The maximum absolute atomic E-state index is 12.0. The first-order valence-electron chi connectivity index (χ1n) is 10.9. The summed E-state index contributed by atoms with van der Waals surface area (Å²) in [6.45, 7) is 13.4. The third-order valence-corrected chi connectivity index (χ3v) is 5.68. The van der Waals surface area contributed by atoms with Crippen molar-refractivity contribution in [3.8, 4) is 0 Å². The van der Waals surface area contributed by atoms with Gasteiger partial charge in [-0.05, 0) is 57.4 Å². The van der Waals surface area contributed by atoms with Crippen LogP contribution in [0.3, 0.4) is 0 Å². The number of nitrogens with one attached hydrogen (secondary N) is 1. The number of esters is 1. The number of rotatable bonds is 7. The average Bonchev–Trinajstić information content (AvgIpc) is 2.64. The molecule has 28 heavy (non-hydrogen) atoms. The van der Waals surface area contributed by atoms with Crippen molar-refractivity contribution in [1.29, 1.82) is 0 Å². The molecule has 0 aliphatic carbocycles. The third kappa shape index (κ3) is 8.43. The average molecular weight is 508 g/mol. The van der Waals surface area contributed by atoms with Gasteiger partial charge in [0.2, 0.25) is 0 Å². The maximum atomic E-state index is 12.0. The number of carbonyl (C=O) groups excluding carboxylic acids is 1. The molecule has 3 unspecified atom stereocenters. The fourth-order valence-electron chi connectivity index (χ4n) is 4.59. The van der Waals surface area contributed by atoms with Gasteiger partial charge in [-0.3, -0.25) is 9.79 Å². The van der Waals surface area contributed by atoms with Crippen LogP contribution in [0, 0.1) is 17.8 Å². The predicted molar refractivity (Wildman–Crippen MR) is 126 cm³/mol. The highest BCUT2D eigenvalue weighted by atomic mass is 127. The molecular weight excluding hydrogens is 467 g/mol. The van der Waals surface area contributed by atoms with Crippen LogP contribution in [-0.4, -0.2) is 74.7 Å². The summed E-state index contributed by atoms with van der Waals surface area (Å²) in [5.41, 5.74) is 0. The third-order valence-electron chi connectivity index (χ3n) is 5.68. The lowest BCUT2D eigenvalue weighted by Gasteiger charge is -2.35. The first kappa shape index (κ1) is 25.5. The number of hydrogen-bond donors (Lipinski definition) is 1. The quantitative estimate of drug-likeness (QED) is 0.188. The Morgan fingerprint density at radius 3 is 2.54 bits per heavy atom. The van der Waals surface area contributed by atoms with Crippen molar-refractivity contribution in [3.05, 3.63) is 0 Å². The van der Waals surface area contributed by atoms with E-state index in [0.29, 0.717) is 13.2 Å². The Labute approximate surface area is 188 Å². The summed E-state index contributed by atoms with van der Waals surface area (Å²) in [4.78, 5) is 21.3. The van der Waals surface area contributed by atoms with E-state index in [1.54, 1.807) is 0 Å². The van der Waals surface area contributed by atoms with Crippen LogP contribution in [0.25, 0.3) is 0 Å². The molecule has 2 fully saturated rings. The highest BCUT2D eigenvalue weighted by molar-refractivity contribution is 14.0. The first-order chi connectivity index (χ1) is 13.0. The standard InChI is InChI=1S/C21H40N4O2.HI/c1-5-27-20(26)19-9-8-12-25(16-19)21(22-4)23-10-6-7-11-24-14-17(2)13-18(3)15-24;/h17-19H,5-16H2,1-4H3,(H,22,23);1H. The molecule has 2 aliphatic rings. The van der Waals surface area contributed by atoms with E-state index in [9.17, 15) is 4.79 Å². The summed E-state index contributed by atoms with van der Waals surface area (Å²) < 4.78 is 5.20. The SMILES string of the molecule is CCOC(=O)C1CCCN(C(=NC)NCCCCN2CC(C)CC(C)C2)C1.I. The van der Waals surface area contributed by atoms with Crippen molar-refractivity contribution in [3.63, 3.8) is 0 Å². The highest BCUT2D eigenvalue weighted by Gasteiger charge is 2.28. The minimum absolute atomic E-state index is 0. The van der Waals surface area contributed by atoms with Gasteiger partial charge in [-0.15, -0.1) is 24.0 Å². The topological polar surface area (TPSA) is 57.2 Å². The second kappa shape index (κ2) is 13.6. The van der Waals surface area contributed by atoms with Gasteiger partial charge in [-0.2, -0.15) is 0 Å². The molecule has 6 nitrogen and oxygen atoms in total. The van der Waals surface area contributed by atoms with E-state index in [0.717, 1.165) is 50.1 Å². The molecule has 7 heteroatoms. The van der Waals surface area contributed by atoms with Gasteiger partial charge in [0.15, 0.2) is 5.96 Å². The molecule has 2 heterocycles. The highest BCUT2D eigenvalue weighted by Crippen LogP contribution is 2.21. The Morgan fingerprint density at radius 1 is 1.18 bits per heavy atom. The molecule has 3 atom stereocenters. The Kier molecular flexibility index (Phi) is 12.4. The van der Waals surface area contributed by atoms with Gasteiger partial charge in [0.05, 0.1) is 12.5 Å². The lowest BCUT2D eigenvalue weighted by atomic mass is 9.92. The van der Waals surface area contributed by atoms with Gasteiger partial charge in [0, 0.05) is 39.8 Å². The molecule has 0 aromatic carbocycles. The number of piperidine rings is 2. The number of likely N-dealkylation sites (tertiary alicyclic amines) is 2. The number of halogens is 1. The molecule has 0 amide bonds. The number of ether oxygens (including phenoxy) is 1. The fourth-order valence-corrected chi connectivity index (χ4v) is 4.59. The minimum atomic E-state index is -0.0670. The smallest absolute Gasteiger partial charge is 0.310 e. The monoisotopic (exact) mass is 508 g/mol. The zero-order valence-corrected chi connectivity index (χ0v) is 20.6. The van der Waals surface area contributed by atoms with Gasteiger partial charge in [0.1, 0.15) is 0 Å². The van der Waals surface area contributed by atoms with Crippen LogP contribution in [0.15, 0.2) is 4.99 Å². The lowest BCUT2D eigenvalue weighted by molar-refractivity contribution is -0.149. The molecule has 164 valence electrons. The van der Waals surface area contributed by atoms with Crippen LogP contribution < -0.4 is 5.32 Å². The van der Waals surface area contributed by atoms with E-state index >= 15 is 0 Å². The Bertz CT molecular complexity index is 479. The molecule has 2 saturated heterocycles. The molecule has 0 bridgehead atoms. The van der Waals surface area contributed by atoms with Crippen LogP contribution in [0.5, 0.6) is 0 Å². The number of carbonyl (C=O) groups is 1. The second-order valence-electron chi connectivity index (χ2n) is 8.42. The summed E-state index contributed by atoms with van der Waals surface area (Å²) in [7, 11) is 1.83. The Balaban J connectivity index is 0.00000392. The Hall–Kier alpha value is -0.570. The lowest BCUT2D eigenvalue weighted by Crippen LogP contribution is -2.48. The van der Waals surface area contributed by atoms with E-state index in [1.807, 2.05) is 14.0 Å². The molecule has 0 saturated carbocycles. The van der Waals surface area contributed by atoms with Gasteiger partial charge >= 0.3 is 5.97 Å². The van der Waals surface area contributed by atoms with Gasteiger partial charge in [-0.25, -0.2) is 0 Å². The second-order valence-corrected chi connectivity index (χ2v) is 8.42. The van der Waals surface area contributed by atoms with E-state index in [2.05, 4.69) is 34.0 Å². The maximum Gasteiger partial charge on any atom is 0.310 e. The molecule has 0 aromatic heterocycles. The Morgan fingerprint density at radius 2 is 1.89 bits per heavy atom. The van der Waals surface area contributed by atoms with Crippen LogP contribution >= 0.6 is 24.0 Å². The molecule has 2 aliphatic heterocycles. The summed E-state index contributed by atoms with van der Waals surface area (Å²) in [5, 5.41) is 3.49. The summed E-state index contributed by atoms with van der Waals surface area (Å²) in [5.74, 6) is 2.49. The number of aliphatic imine (C=N–C) groups is 1. The molecule has 0 aromatic rings. The first-order valence-corrected chi connectivity index (χ1v) is 10.9. The zero-order chi connectivity index (χ0) is 19.6. The zero-order valence-electron chi connectivity index (χ0n) is 18.3. The summed E-state index contributed by atoms with van der Waals surface area (Å²) in [6, 6.07) is 0. The molecule has 0 radical (unpaired) electrons. The predicted octanol–water partition coefficient (Wildman–Crippen LogP) is 3.21. The van der Waals surface area contributed by atoms with Crippen molar-refractivity contribution in [2.45, 2.75) is 52.9 Å². The van der Waals surface area contributed by atoms with Crippen LogP contribution in [0.1, 0.15) is 52.9 Å². The number of nitrogens with zero attached hydrogens (tertiary/aromatic N) is 3. The fraction of sp³-hybridized carbons (Fsp3) is 0.905. The molecular formula is C21H41IN4O2. The van der Waals surface area contributed by atoms with Crippen molar-refractivity contribution >= 4 is 35.9 Å². The van der Waals surface area contributed by atoms with Crippen LogP contribution in [0.4, 0.5) is 0 Å². The van der Waals surface area contributed by atoms with E-state index in [-0.39, 0.29) is 35.9 Å². The molecule has 2 rings (SSSR count). The van der Waals surface area contributed by atoms with Crippen LogP contribution in [-0.2, 0) is 9.53 Å². The largest absolute Gasteiger partial charge is 0.466 e. The molecule has 1 N–H and O–H groups in total. The minimum Gasteiger partial charge on any atom is -0.466 e. The molecule has 0 spiro atoms. The van der Waals surface area contributed by atoms with Gasteiger partial charge in [-0.1, -0.05) is 13.8 Å². The van der Waals surface area contributed by atoms with Crippen molar-refractivity contribution in [2.75, 3.05) is 52.9 Å². The van der Waals surface area contributed by atoms with Crippen LogP contribution in [0.2, 0.25) is 0 Å². The van der Waals surface area contributed by atoms with Crippen molar-refractivity contribution < 1.29 is 9.53 Å². The summed E-state index contributed by atoms with van der Waals surface area (Å²) in [6.07, 6.45) is 5.66. The number of hydrogen-bond acceptors (Lipinski definition) is 4. The van der Waals surface area contributed by atoms with E-state index < -0.39 is 0 Å². The van der Waals surface area contributed by atoms with Crippen molar-refractivity contribution in [1.82, 2.24) is 15.1 Å². The normalized spacial score (nSPS) is 26.5. The van der Waals surface area contributed by atoms with Gasteiger partial charge < -0.3 is 19.9 Å². The number of guanidine groups is 1. The van der Waals surface area contributed by atoms with Gasteiger partial charge in [0.25, 0.3) is 0 Å². The van der Waals surface area contributed by atoms with E-state index in [4.69, 9.17) is 4.74 Å². The van der Waals surface area contributed by atoms with E-state index in [1.165, 1.54) is 32.5 Å². The summed E-state index contributed by atoms with van der Waals surface area (Å²) >= 11 is 0.